The van der Waals surface area contributed by atoms with Crippen LogP contribution in [0.2, 0.25) is 0 Å². The van der Waals surface area contributed by atoms with Crippen LogP contribution in [0.5, 0.6) is 0 Å². The molecule has 3 N–H and O–H groups in total. The molecule has 2 rings (SSSR count). The second kappa shape index (κ2) is 7.17. The average molecular weight is 280 g/mol. The highest BCUT2D eigenvalue weighted by atomic mass is 32.2. The molecule has 1 aliphatic rings. The summed E-state index contributed by atoms with van der Waals surface area (Å²) in [5, 5.41) is 9.58. The Bertz CT molecular complexity index is 411. The van der Waals surface area contributed by atoms with Gasteiger partial charge in [-0.15, -0.1) is 11.8 Å². The summed E-state index contributed by atoms with van der Waals surface area (Å²) in [6.45, 7) is 3.98. The van der Waals surface area contributed by atoms with Crippen LogP contribution >= 0.6 is 11.8 Å². The van der Waals surface area contributed by atoms with E-state index in [1.54, 1.807) is 0 Å². The summed E-state index contributed by atoms with van der Waals surface area (Å²) in [6.07, 6.45) is 3.49. The van der Waals surface area contributed by atoms with E-state index in [1.807, 2.05) is 11.8 Å². The Labute approximate surface area is 120 Å². The van der Waals surface area contributed by atoms with Gasteiger partial charge < -0.3 is 15.7 Å². The molecule has 0 amide bonds. The zero-order valence-electron chi connectivity index (χ0n) is 11.6. The normalized spacial score (nSPS) is 19.7. The van der Waals surface area contributed by atoms with Gasteiger partial charge in [0.15, 0.2) is 0 Å². The molecule has 1 saturated heterocycles. The van der Waals surface area contributed by atoms with E-state index in [0.29, 0.717) is 6.54 Å². The van der Waals surface area contributed by atoms with Crippen molar-refractivity contribution in [3.05, 3.63) is 23.8 Å². The summed E-state index contributed by atoms with van der Waals surface area (Å²) in [5.41, 5.74) is 8.43. The van der Waals surface area contributed by atoms with Gasteiger partial charge in [-0.05, 0) is 37.1 Å². The molecule has 0 bridgehead atoms. The summed E-state index contributed by atoms with van der Waals surface area (Å²) >= 11 is 1.84. The highest BCUT2D eigenvalue weighted by molar-refractivity contribution is 7.99. The van der Waals surface area contributed by atoms with Gasteiger partial charge in [-0.3, -0.25) is 0 Å². The number of aliphatic hydroxyl groups is 1. The lowest BCUT2D eigenvalue weighted by atomic mass is 10.0. The molecular weight excluding hydrogens is 256 g/mol. The first-order chi connectivity index (χ1) is 9.31. The Morgan fingerprint density at radius 2 is 2.26 bits per heavy atom. The molecule has 3 nitrogen and oxygen atoms in total. The molecule has 19 heavy (non-hydrogen) atoms. The standard InChI is InChI=1S/C15H24N2OS/c1-2-19-15-8-5-7-14(13(15)10-16)17-9-4-3-6-12(17)11-18/h5,7-8,12,18H,2-4,6,9-11,16H2,1H3. The number of nitrogens with zero attached hydrogens (tertiary/aromatic N) is 1. The molecule has 1 aromatic carbocycles. The zero-order valence-corrected chi connectivity index (χ0v) is 12.5. The Morgan fingerprint density at radius 3 is 2.95 bits per heavy atom. The average Bonchev–Trinajstić information content (AvgIpc) is 2.47. The molecule has 1 aliphatic heterocycles. The maximum atomic E-state index is 9.58. The number of aliphatic hydroxyl groups excluding tert-OH is 1. The first-order valence-corrected chi connectivity index (χ1v) is 8.12. The van der Waals surface area contributed by atoms with Crippen LogP contribution in [0.4, 0.5) is 5.69 Å². The monoisotopic (exact) mass is 280 g/mol. The topological polar surface area (TPSA) is 49.5 Å². The summed E-state index contributed by atoms with van der Waals surface area (Å²) in [4.78, 5) is 3.63. The number of hydrogen-bond donors (Lipinski definition) is 2. The molecule has 1 aromatic rings. The maximum absolute atomic E-state index is 9.58. The predicted octanol–water partition coefficient (Wildman–Crippen LogP) is 2.61. The van der Waals surface area contributed by atoms with Crippen molar-refractivity contribution in [3.63, 3.8) is 0 Å². The van der Waals surface area contributed by atoms with E-state index >= 15 is 0 Å². The second-order valence-corrected chi connectivity index (χ2v) is 6.22. The van der Waals surface area contributed by atoms with Crippen LogP contribution in [0.1, 0.15) is 31.7 Å². The summed E-state index contributed by atoms with van der Waals surface area (Å²) in [7, 11) is 0. The molecule has 0 saturated carbocycles. The lowest BCUT2D eigenvalue weighted by Crippen LogP contribution is -2.42. The summed E-state index contributed by atoms with van der Waals surface area (Å²) in [6, 6.07) is 6.66. The Morgan fingerprint density at radius 1 is 1.42 bits per heavy atom. The van der Waals surface area contributed by atoms with Gasteiger partial charge in [0.05, 0.1) is 12.6 Å². The lowest BCUT2D eigenvalue weighted by molar-refractivity contribution is 0.240. The Balaban J connectivity index is 2.34. The van der Waals surface area contributed by atoms with Crippen molar-refractivity contribution in [2.24, 2.45) is 5.73 Å². The molecule has 106 valence electrons. The number of piperidine rings is 1. The predicted molar refractivity (Wildman–Crippen MR) is 82.8 cm³/mol. The second-order valence-electron chi connectivity index (χ2n) is 4.92. The van der Waals surface area contributed by atoms with Gasteiger partial charge in [0.2, 0.25) is 0 Å². The van der Waals surface area contributed by atoms with Crippen LogP contribution in [0.25, 0.3) is 0 Å². The summed E-state index contributed by atoms with van der Waals surface area (Å²) in [5.74, 6) is 1.06. The van der Waals surface area contributed by atoms with Crippen molar-refractivity contribution in [2.45, 2.75) is 43.7 Å². The molecule has 0 aliphatic carbocycles. The molecule has 1 unspecified atom stereocenters. The smallest absolute Gasteiger partial charge is 0.0635 e. The van der Waals surface area contributed by atoms with Crippen molar-refractivity contribution in [1.29, 1.82) is 0 Å². The molecule has 1 atom stereocenters. The molecule has 1 fully saturated rings. The highest BCUT2D eigenvalue weighted by Gasteiger charge is 2.24. The lowest BCUT2D eigenvalue weighted by Gasteiger charge is -2.38. The van der Waals surface area contributed by atoms with E-state index < -0.39 is 0 Å². The highest BCUT2D eigenvalue weighted by Crippen LogP contribution is 2.33. The fraction of sp³-hybridized carbons (Fsp3) is 0.600. The minimum Gasteiger partial charge on any atom is -0.394 e. The van der Waals surface area contributed by atoms with Crippen molar-refractivity contribution >= 4 is 17.4 Å². The molecule has 4 heteroatoms. The van der Waals surface area contributed by atoms with Crippen LogP contribution in [-0.4, -0.2) is 30.1 Å². The van der Waals surface area contributed by atoms with Gasteiger partial charge in [0, 0.05) is 29.2 Å². The molecule has 1 heterocycles. The van der Waals surface area contributed by atoms with Gasteiger partial charge in [0.1, 0.15) is 0 Å². The molecule has 0 spiro atoms. The van der Waals surface area contributed by atoms with Crippen LogP contribution in [0.3, 0.4) is 0 Å². The minimum absolute atomic E-state index is 0.231. The Kier molecular flexibility index (Phi) is 5.55. The quantitative estimate of drug-likeness (QED) is 0.814. The van der Waals surface area contributed by atoms with Crippen LogP contribution in [0, 0.1) is 0 Å². The first kappa shape index (κ1) is 14.7. The number of benzene rings is 1. The number of thioether (sulfide) groups is 1. The van der Waals surface area contributed by atoms with E-state index in [1.165, 1.54) is 29.0 Å². The van der Waals surface area contributed by atoms with Gasteiger partial charge in [-0.1, -0.05) is 13.0 Å². The van der Waals surface area contributed by atoms with E-state index in [-0.39, 0.29) is 12.6 Å². The molecule has 0 aromatic heterocycles. The van der Waals surface area contributed by atoms with Crippen LogP contribution in [0.15, 0.2) is 23.1 Å². The van der Waals surface area contributed by atoms with Gasteiger partial charge in [-0.25, -0.2) is 0 Å². The van der Waals surface area contributed by atoms with Crippen molar-refractivity contribution < 1.29 is 5.11 Å². The van der Waals surface area contributed by atoms with Gasteiger partial charge in [-0.2, -0.15) is 0 Å². The fourth-order valence-corrected chi connectivity index (χ4v) is 3.67. The third-order valence-corrected chi connectivity index (χ3v) is 4.74. The fourth-order valence-electron chi connectivity index (χ4n) is 2.83. The Hall–Kier alpha value is -0.710. The van der Waals surface area contributed by atoms with E-state index in [0.717, 1.165) is 18.7 Å². The van der Waals surface area contributed by atoms with Gasteiger partial charge in [0.25, 0.3) is 0 Å². The zero-order chi connectivity index (χ0) is 13.7. The number of rotatable bonds is 5. The van der Waals surface area contributed by atoms with Crippen molar-refractivity contribution in [1.82, 2.24) is 0 Å². The summed E-state index contributed by atoms with van der Waals surface area (Å²) < 4.78 is 0. The van der Waals surface area contributed by atoms with E-state index in [2.05, 4.69) is 30.0 Å². The third kappa shape index (κ3) is 3.25. The number of hydrogen-bond acceptors (Lipinski definition) is 4. The van der Waals surface area contributed by atoms with Crippen molar-refractivity contribution in [2.75, 3.05) is 23.8 Å². The molecule has 0 radical (unpaired) electrons. The first-order valence-electron chi connectivity index (χ1n) is 7.14. The van der Waals surface area contributed by atoms with Gasteiger partial charge >= 0.3 is 0 Å². The molecular formula is C15H24N2OS. The van der Waals surface area contributed by atoms with Crippen LogP contribution < -0.4 is 10.6 Å². The number of nitrogens with two attached hydrogens (primary N) is 1. The minimum atomic E-state index is 0.231. The third-order valence-electron chi connectivity index (χ3n) is 3.76. The largest absolute Gasteiger partial charge is 0.394 e. The van der Waals surface area contributed by atoms with Crippen LogP contribution in [-0.2, 0) is 6.54 Å². The maximum Gasteiger partial charge on any atom is 0.0635 e. The SMILES string of the molecule is CCSc1cccc(N2CCCCC2CO)c1CN. The van der Waals surface area contributed by atoms with E-state index in [4.69, 9.17) is 5.73 Å². The number of anilines is 1. The van der Waals surface area contributed by atoms with Crippen molar-refractivity contribution in [3.8, 4) is 0 Å². The van der Waals surface area contributed by atoms with E-state index in [9.17, 15) is 5.11 Å².